The van der Waals surface area contributed by atoms with Crippen molar-refractivity contribution in [2.24, 2.45) is 5.73 Å². The minimum Gasteiger partial charge on any atom is -0.376 e. The van der Waals surface area contributed by atoms with Gasteiger partial charge in [-0.2, -0.15) is 0 Å². The van der Waals surface area contributed by atoms with Crippen LogP contribution >= 0.6 is 0 Å². The third-order valence-corrected chi connectivity index (χ3v) is 3.99. The molecule has 0 amide bonds. The molecule has 2 N–H and O–H groups in total. The van der Waals surface area contributed by atoms with Crippen LogP contribution in [0.25, 0.3) is 0 Å². The van der Waals surface area contributed by atoms with Gasteiger partial charge in [-0.25, -0.2) is 0 Å². The Bertz CT molecular complexity index is 377. The van der Waals surface area contributed by atoms with Crippen LogP contribution < -0.4 is 5.73 Å². The molecule has 0 radical (unpaired) electrons. The highest BCUT2D eigenvalue weighted by atomic mass is 16.5. The second-order valence-corrected chi connectivity index (χ2v) is 5.51. The van der Waals surface area contributed by atoms with Crippen molar-refractivity contribution < 1.29 is 4.74 Å². The van der Waals surface area contributed by atoms with Crippen molar-refractivity contribution in [1.29, 1.82) is 0 Å². The molecule has 2 unspecified atom stereocenters. The molecule has 0 aliphatic carbocycles. The second kappa shape index (κ2) is 7.04. The van der Waals surface area contributed by atoms with Crippen LogP contribution in [0.2, 0.25) is 0 Å². The quantitative estimate of drug-likeness (QED) is 0.885. The van der Waals surface area contributed by atoms with Crippen LogP contribution in [-0.2, 0) is 11.3 Å². The van der Waals surface area contributed by atoms with Gasteiger partial charge >= 0.3 is 0 Å². The molecule has 1 aliphatic heterocycles. The molecule has 2 atom stereocenters. The van der Waals surface area contributed by atoms with Gasteiger partial charge in [0.1, 0.15) is 0 Å². The van der Waals surface area contributed by atoms with Gasteiger partial charge in [0.25, 0.3) is 0 Å². The Labute approximate surface area is 116 Å². The van der Waals surface area contributed by atoms with E-state index in [9.17, 15) is 0 Å². The third kappa shape index (κ3) is 4.03. The molecular weight excluding hydrogens is 236 g/mol. The molecule has 3 heteroatoms. The molecule has 0 spiro atoms. The standard InChI is InChI=1S/C16H26N2O/c1-3-16-12-18(8-9-19-16)11-14-4-6-15(7-5-14)13(2)10-17/h4-7,13,16H,3,8-12,17H2,1-2H3. The van der Waals surface area contributed by atoms with E-state index in [4.69, 9.17) is 10.5 Å². The van der Waals surface area contributed by atoms with Gasteiger partial charge < -0.3 is 10.5 Å². The molecule has 2 rings (SSSR count). The summed E-state index contributed by atoms with van der Waals surface area (Å²) in [6.07, 6.45) is 1.51. The Morgan fingerprint density at radius 1 is 1.37 bits per heavy atom. The lowest BCUT2D eigenvalue weighted by Crippen LogP contribution is -2.41. The van der Waals surface area contributed by atoms with Gasteiger partial charge in [-0.05, 0) is 30.0 Å². The van der Waals surface area contributed by atoms with Crippen LogP contribution in [0.3, 0.4) is 0 Å². The topological polar surface area (TPSA) is 38.5 Å². The van der Waals surface area contributed by atoms with E-state index < -0.39 is 0 Å². The number of benzene rings is 1. The summed E-state index contributed by atoms with van der Waals surface area (Å²) in [6, 6.07) is 8.89. The zero-order valence-electron chi connectivity index (χ0n) is 12.1. The molecular formula is C16H26N2O. The number of nitrogens with zero attached hydrogens (tertiary/aromatic N) is 1. The predicted molar refractivity (Wildman–Crippen MR) is 79.2 cm³/mol. The molecule has 0 bridgehead atoms. The van der Waals surface area contributed by atoms with E-state index in [0.29, 0.717) is 18.6 Å². The zero-order valence-corrected chi connectivity index (χ0v) is 12.1. The zero-order chi connectivity index (χ0) is 13.7. The summed E-state index contributed by atoms with van der Waals surface area (Å²) in [4.78, 5) is 2.49. The van der Waals surface area contributed by atoms with Gasteiger partial charge in [-0.15, -0.1) is 0 Å². The van der Waals surface area contributed by atoms with Gasteiger partial charge in [0.05, 0.1) is 12.7 Å². The van der Waals surface area contributed by atoms with Crippen molar-refractivity contribution in [2.45, 2.75) is 38.8 Å². The van der Waals surface area contributed by atoms with E-state index in [-0.39, 0.29) is 0 Å². The van der Waals surface area contributed by atoms with Crippen LogP contribution in [0.5, 0.6) is 0 Å². The van der Waals surface area contributed by atoms with E-state index in [1.54, 1.807) is 0 Å². The second-order valence-electron chi connectivity index (χ2n) is 5.51. The predicted octanol–water partition coefficient (Wildman–Crippen LogP) is 2.36. The Morgan fingerprint density at radius 3 is 2.74 bits per heavy atom. The summed E-state index contributed by atoms with van der Waals surface area (Å²) in [5, 5.41) is 0. The molecule has 1 saturated heterocycles. The number of ether oxygens (including phenoxy) is 1. The van der Waals surface area contributed by atoms with Gasteiger partial charge in [0, 0.05) is 19.6 Å². The highest BCUT2D eigenvalue weighted by Gasteiger charge is 2.18. The fourth-order valence-corrected chi connectivity index (χ4v) is 2.52. The van der Waals surface area contributed by atoms with Crippen molar-refractivity contribution in [1.82, 2.24) is 4.90 Å². The fourth-order valence-electron chi connectivity index (χ4n) is 2.52. The lowest BCUT2D eigenvalue weighted by atomic mass is 10.00. The first-order valence-corrected chi connectivity index (χ1v) is 7.35. The Balaban J connectivity index is 1.92. The van der Waals surface area contributed by atoms with E-state index in [0.717, 1.165) is 32.7 Å². The Hall–Kier alpha value is -0.900. The largest absolute Gasteiger partial charge is 0.376 e. The maximum absolute atomic E-state index is 5.70. The van der Waals surface area contributed by atoms with Crippen LogP contribution in [-0.4, -0.2) is 37.2 Å². The van der Waals surface area contributed by atoms with Gasteiger partial charge in [-0.1, -0.05) is 38.1 Å². The Kier molecular flexibility index (Phi) is 5.37. The lowest BCUT2D eigenvalue weighted by Gasteiger charge is -2.32. The minimum absolute atomic E-state index is 0.408. The summed E-state index contributed by atoms with van der Waals surface area (Å²) in [6.45, 7) is 9.05. The van der Waals surface area contributed by atoms with Crippen LogP contribution in [0.4, 0.5) is 0 Å². The fraction of sp³-hybridized carbons (Fsp3) is 0.625. The first kappa shape index (κ1) is 14.5. The maximum atomic E-state index is 5.70. The molecule has 1 heterocycles. The molecule has 106 valence electrons. The molecule has 0 saturated carbocycles. The molecule has 19 heavy (non-hydrogen) atoms. The van der Waals surface area contributed by atoms with Crippen molar-refractivity contribution in [3.8, 4) is 0 Å². The van der Waals surface area contributed by atoms with E-state index in [1.165, 1.54) is 11.1 Å². The smallest absolute Gasteiger partial charge is 0.0700 e. The molecule has 1 aliphatic rings. The number of hydrogen-bond acceptors (Lipinski definition) is 3. The Morgan fingerprint density at radius 2 is 2.11 bits per heavy atom. The summed E-state index contributed by atoms with van der Waals surface area (Å²) >= 11 is 0. The molecule has 1 fully saturated rings. The first-order chi connectivity index (χ1) is 9.22. The highest BCUT2D eigenvalue weighted by molar-refractivity contribution is 5.25. The van der Waals surface area contributed by atoms with Gasteiger partial charge in [-0.3, -0.25) is 4.90 Å². The van der Waals surface area contributed by atoms with E-state index in [1.807, 2.05) is 0 Å². The summed E-state index contributed by atoms with van der Waals surface area (Å²) < 4.78 is 5.70. The summed E-state index contributed by atoms with van der Waals surface area (Å²) in [5.74, 6) is 0.446. The minimum atomic E-state index is 0.408. The van der Waals surface area contributed by atoms with Gasteiger partial charge in [0.2, 0.25) is 0 Å². The highest BCUT2D eigenvalue weighted by Crippen LogP contribution is 2.17. The van der Waals surface area contributed by atoms with Crippen LogP contribution in [0.1, 0.15) is 37.3 Å². The van der Waals surface area contributed by atoms with Crippen molar-refractivity contribution in [3.63, 3.8) is 0 Å². The molecule has 1 aromatic rings. The van der Waals surface area contributed by atoms with Crippen LogP contribution in [0.15, 0.2) is 24.3 Å². The third-order valence-electron chi connectivity index (χ3n) is 3.99. The van der Waals surface area contributed by atoms with Crippen molar-refractivity contribution in [3.05, 3.63) is 35.4 Å². The number of rotatable bonds is 5. The van der Waals surface area contributed by atoms with Crippen molar-refractivity contribution in [2.75, 3.05) is 26.2 Å². The molecule has 1 aromatic carbocycles. The summed E-state index contributed by atoms with van der Waals surface area (Å²) in [5.41, 5.74) is 8.41. The normalized spacial score (nSPS) is 22.4. The average Bonchev–Trinajstić information content (AvgIpc) is 2.47. The number of morpholine rings is 1. The molecule has 3 nitrogen and oxygen atoms in total. The average molecular weight is 262 g/mol. The van der Waals surface area contributed by atoms with E-state index >= 15 is 0 Å². The number of nitrogens with two attached hydrogens (primary N) is 1. The SMILES string of the molecule is CCC1CN(Cc2ccc(C(C)CN)cc2)CCO1. The maximum Gasteiger partial charge on any atom is 0.0700 e. The summed E-state index contributed by atoms with van der Waals surface area (Å²) in [7, 11) is 0. The van der Waals surface area contributed by atoms with Crippen molar-refractivity contribution >= 4 is 0 Å². The van der Waals surface area contributed by atoms with E-state index in [2.05, 4.69) is 43.0 Å². The van der Waals surface area contributed by atoms with Crippen LogP contribution in [0, 0.1) is 0 Å². The first-order valence-electron chi connectivity index (χ1n) is 7.35. The monoisotopic (exact) mass is 262 g/mol. The lowest BCUT2D eigenvalue weighted by molar-refractivity contribution is -0.0324. The number of hydrogen-bond donors (Lipinski definition) is 1. The molecule has 0 aromatic heterocycles. The van der Waals surface area contributed by atoms with Gasteiger partial charge in [0.15, 0.2) is 0 Å².